The van der Waals surface area contributed by atoms with Gasteiger partial charge in [0.15, 0.2) is 6.61 Å². The molecule has 24 heavy (non-hydrogen) atoms. The Morgan fingerprint density at radius 1 is 1.42 bits per heavy atom. The highest BCUT2D eigenvalue weighted by Crippen LogP contribution is 2.25. The molecule has 1 aliphatic heterocycles. The van der Waals surface area contributed by atoms with E-state index in [2.05, 4.69) is 4.74 Å². The van der Waals surface area contributed by atoms with Crippen LogP contribution in [-0.2, 0) is 14.3 Å². The Labute approximate surface area is 136 Å². The van der Waals surface area contributed by atoms with Gasteiger partial charge in [0, 0.05) is 26.2 Å². The zero-order valence-corrected chi connectivity index (χ0v) is 13.1. The number of anilines is 1. The predicted molar refractivity (Wildman–Crippen MR) is 80.8 cm³/mol. The van der Waals surface area contributed by atoms with Gasteiger partial charge in [-0.1, -0.05) is 0 Å². The van der Waals surface area contributed by atoms with E-state index < -0.39 is 29.5 Å². The van der Waals surface area contributed by atoms with Gasteiger partial charge in [0.2, 0.25) is 0 Å². The summed E-state index contributed by atoms with van der Waals surface area (Å²) in [4.78, 5) is 47.9. The quantitative estimate of drug-likeness (QED) is 0.439. The molecule has 0 saturated carbocycles. The van der Waals surface area contributed by atoms with Gasteiger partial charge in [0.1, 0.15) is 6.61 Å². The largest absolute Gasteiger partial charge is 0.452 e. The number of cyclic esters (lactones) is 1. The van der Waals surface area contributed by atoms with Gasteiger partial charge >= 0.3 is 12.1 Å². The maximum Gasteiger partial charge on any atom is 0.416 e. The summed E-state index contributed by atoms with van der Waals surface area (Å²) < 4.78 is 9.50. The van der Waals surface area contributed by atoms with E-state index in [4.69, 9.17) is 4.74 Å². The number of carbonyl (C=O) groups is 3. The second-order valence-electron chi connectivity index (χ2n) is 5.09. The number of nitrogens with zero attached hydrogens (tertiary/aromatic N) is 3. The van der Waals surface area contributed by atoms with Crippen LogP contribution in [0.3, 0.4) is 0 Å². The number of hydrogen-bond donors (Lipinski definition) is 0. The fraction of sp³-hybridized carbons (Fsp3) is 0.357. The van der Waals surface area contributed by atoms with Crippen molar-refractivity contribution in [1.29, 1.82) is 0 Å². The van der Waals surface area contributed by atoms with Crippen molar-refractivity contribution < 1.29 is 28.8 Å². The van der Waals surface area contributed by atoms with Crippen LogP contribution >= 0.6 is 0 Å². The van der Waals surface area contributed by atoms with E-state index in [1.165, 1.54) is 12.1 Å². The fourth-order valence-electron chi connectivity index (χ4n) is 2.09. The summed E-state index contributed by atoms with van der Waals surface area (Å²) in [6.07, 6.45) is -0.791. The van der Waals surface area contributed by atoms with E-state index in [1.807, 2.05) is 0 Å². The van der Waals surface area contributed by atoms with Gasteiger partial charge in [0.25, 0.3) is 11.6 Å². The van der Waals surface area contributed by atoms with Gasteiger partial charge in [-0.15, -0.1) is 0 Å². The molecule has 1 aliphatic rings. The number of nitro groups is 1. The van der Waals surface area contributed by atoms with Crippen molar-refractivity contribution in [2.24, 2.45) is 0 Å². The summed E-state index contributed by atoms with van der Waals surface area (Å²) in [7, 11) is 3.31. The van der Waals surface area contributed by atoms with Gasteiger partial charge in [0.05, 0.1) is 22.7 Å². The van der Waals surface area contributed by atoms with Crippen LogP contribution in [0, 0.1) is 10.1 Å². The van der Waals surface area contributed by atoms with Crippen LogP contribution in [0.15, 0.2) is 18.2 Å². The average Bonchev–Trinajstić information content (AvgIpc) is 2.97. The van der Waals surface area contributed by atoms with E-state index in [0.717, 1.165) is 11.0 Å². The Balaban J connectivity index is 2.13. The Hall–Kier alpha value is -3.17. The topological polar surface area (TPSA) is 119 Å². The molecule has 2 rings (SSSR count). The number of nitro benzene ring substituents is 1. The minimum absolute atomic E-state index is 0.0500. The molecule has 1 saturated heterocycles. The van der Waals surface area contributed by atoms with E-state index in [1.54, 1.807) is 19.0 Å². The van der Waals surface area contributed by atoms with E-state index >= 15 is 0 Å². The molecule has 10 nitrogen and oxygen atoms in total. The number of esters is 1. The summed E-state index contributed by atoms with van der Waals surface area (Å²) in [6, 6.07) is 3.75. The zero-order valence-electron chi connectivity index (χ0n) is 13.1. The molecule has 0 N–H and O–H groups in total. The van der Waals surface area contributed by atoms with Crippen LogP contribution in [0.4, 0.5) is 16.2 Å². The van der Waals surface area contributed by atoms with Gasteiger partial charge in [-0.2, -0.15) is 0 Å². The standard InChI is InChI=1S/C14H15N3O7/c1-15(2)11-4-3-9(17(21)22)7-10(11)13(19)24-8-12(18)16-5-6-23-14(16)20/h3-4,7H,5-6,8H2,1-2H3. The van der Waals surface area contributed by atoms with E-state index in [0.29, 0.717) is 5.69 Å². The molecule has 0 atom stereocenters. The molecule has 1 aromatic carbocycles. The molecule has 0 unspecified atom stereocenters. The normalized spacial score (nSPS) is 13.4. The van der Waals surface area contributed by atoms with Crippen molar-refractivity contribution in [1.82, 2.24) is 4.90 Å². The van der Waals surface area contributed by atoms with Gasteiger partial charge < -0.3 is 14.4 Å². The van der Waals surface area contributed by atoms with Crippen LogP contribution in [0.5, 0.6) is 0 Å². The Kier molecular flexibility index (Phi) is 4.97. The van der Waals surface area contributed by atoms with E-state index in [-0.39, 0.29) is 24.4 Å². The number of imide groups is 1. The lowest BCUT2D eigenvalue weighted by molar-refractivity contribution is -0.384. The molecular weight excluding hydrogens is 322 g/mol. The molecule has 10 heteroatoms. The first-order valence-electron chi connectivity index (χ1n) is 6.91. The molecule has 0 aliphatic carbocycles. The molecule has 1 aromatic rings. The highest BCUT2D eigenvalue weighted by atomic mass is 16.6. The lowest BCUT2D eigenvalue weighted by atomic mass is 10.1. The van der Waals surface area contributed by atoms with Crippen molar-refractivity contribution in [2.45, 2.75) is 0 Å². The Morgan fingerprint density at radius 2 is 2.12 bits per heavy atom. The highest BCUT2D eigenvalue weighted by Gasteiger charge is 2.29. The lowest BCUT2D eigenvalue weighted by Gasteiger charge is -2.17. The van der Waals surface area contributed by atoms with Crippen molar-refractivity contribution in [2.75, 3.05) is 38.8 Å². The molecule has 0 spiro atoms. The molecule has 0 radical (unpaired) electrons. The van der Waals surface area contributed by atoms with Crippen molar-refractivity contribution in [3.63, 3.8) is 0 Å². The first-order valence-corrected chi connectivity index (χ1v) is 6.91. The molecule has 0 bridgehead atoms. The lowest BCUT2D eigenvalue weighted by Crippen LogP contribution is -2.35. The molecule has 2 amide bonds. The fourth-order valence-corrected chi connectivity index (χ4v) is 2.09. The van der Waals surface area contributed by atoms with Crippen LogP contribution in [-0.4, -0.2) is 61.6 Å². The highest BCUT2D eigenvalue weighted by molar-refractivity contribution is 5.99. The molecular formula is C14H15N3O7. The number of carbonyl (C=O) groups excluding carboxylic acids is 3. The first-order chi connectivity index (χ1) is 11.3. The maximum absolute atomic E-state index is 12.2. The van der Waals surface area contributed by atoms with Crippen molar-refractivity contribution in [3.05, 3.63) is 33.9 Å². The third-order valence-electron chi connectivity index (χ3n) is 3.28. The van der Waals surface area contributed by atoms with Gasteiger partial charge in [-0.3, -0.25) is 14.9 Å². The number of amides is 2. The van der Waals surface area contributed by atoms with E-state index in [9.17, 15) is 24.5 Å². The minimum atomic E-state index is -0.900. The molecule has 0 aromatic heterocycles. The maximum atomic E-state index is 12.2. The SMILES string of the molecule is CN(C)c1ccc([N+](=O)[O-])cc1C(=O)OCC(=O)N1CCOC1=O. The summed E-state index contributed by atoms with van der Waals surface area (Å²) >= 11 is 0. The molecule has 1 heterocycles. The summed E-state index contributed by atoms with van der Waals surface area (Å²) in [5.74, 6) is -1.62. The van der Waals surface area contributed by atoms with Crippen LogP contribution in [0.1, 0.15) is 10.4 Å². The molecule has 1 fully saturated rings. The monoisotopic (exact) mass is 337 g/mol. The van der Waals surface area contributed by atoms with Gasteiger partial charge in [-0.25, -0.2) is 14.5 Å². The second-order valence-corrected chi connectivity index (χ2v) is 5.09. The number of ether oxygens (including phenoxy) is 2. The Morgan fingerprint density at radius 3 is 2.67 bits per heavy atom. The average molecular weight is 337 g/mol. The van der Waals surface area contributed by atoms with Gasteiger partial charge in [-0.05, 0) is 6.07 Å². The van der Waals surface area contributed by atoms with Crippen molar-refractivity contribution >= 4 is 29.3 Å². The number of non-ortho nitro benzene ring substituents is 1. The third-order valence-corrected chi connectivity index (χ3v) is 3.28. The van der Waals surface area contributed by atoms with Crippen LogP contribution < -0.4 is 4.90 Å². The zero-order chi connectivity index (χ0) is 17.9. The summed E-state index contributed by atoms with van der Waals surface area (Å²) in [5.41, 5.74) is 0.0756. The summed E-state index contributed by atoms with van der Waals surface area (Å²) in [6.45, 7) is -0.480. The van der Waals surface area contributed by atoms with Crippen LogP contribution in [0.2, 0.25) is 0 Å². The predicted octanol–water partition coefficient (Wildman–Crippen LogP) is 0.796. The second kappa shape index (κ2) is 6.94. The summed E-state index contributed by atoms with van der Waals surface area (Å²) in [5, 5.41) is 10.9. The smallest absolute Gasteiger partial charge is 0.416 e. The minimum Gasteiger partial charge on any atom is -0.452 e. The number of benzene rings is 1. The first kappa shape index (κ1) is 17.2. The number of rotatable bonds is 5. The van der Waals surface area contributed by atoms with Crippen molar-refractivity contribution in [3.8, 4) is 0 Å². The Bertz CT molecular complexity index is 702. The number of hydrogen-bond acceptors (Lipinski definition) is 8. The van der Waals surface area contributed by atoms with Crippen LogP contribution in [0.25, 0.3) is 0 Å². The third kappa shape index (κ3) is 3.59. The molecule has 128 valence electrons.